The molecule has 0 aromatic heterocycles. The number of benzene rings is 2. The zero-order chi connectivity index (χ0) is 16.0. The first-order valence-corrected chi connectivity index (χ1v) is 6.94. The zero-order valence-electron chi connectivity index (χ0n) is 10.9. The zero-order valence-corrected chi connectivity index (χ0v) is 12.5. The molecule has 1 heterocycles. The molecule has 0 unspecified atom stereocenters. The first-order chi connectivity index (χ1) is 10.4. The molecule has 22 heavy (non-hydrogen) atoms. The molecule has 0 fully saturated rings. The number of rotatable bonds is 2. The Morgan fingerprint density at radius 2 is 1.68 bits per heavy atom. The van der Waals surface area contributed by atoms with Crippen molar-refractivity contribution in [3.05, 3.63) is 57.6 Å². The van der Waals surface area contributed by atoms with Crippen molar-refractivity contribution in [1.29, 1.82) is 0 Å². The highest BCUT2D eigenvalue weighted by Crippen LogP contribution is 2.32. The Bertz CT molecular complexity index is 846. The smallest absolute Gasteiger partial charge is 0.339 e. The number of anilines is 1. The van der Waals surface area contributed by atoms with E-state index in [9.17, 15) is 19.5 Å². The maximum Gasteiger partial charge on any atom is 0.339 e. The molecule has 1 aliphatic heterocycles. The highest BCUT2D eigenvalue weighted by Gasteiger charge is 2.37. The third-order valence-electron chi connectivity index (χ3n) is 3.32. The molecule has 0 aliphatic carbocycles. The lowest BCUT2D eigenvalue weighted by Gasteiger charge is -2.14. The maximum atomic E-state index is 12.4. The van der Waals surface area contributed by atoms with Crippen molar-refractivity contribution in [2.75, 3.05) is 4.90 Å². The second kappa shape index (κ2) is 4.96. The summed E-state index contributed by atoms with van der Waals surface area (Å²) in [6, 6.07) is 8.26. The number of hydrogen-bond donors (Lipinski definition) is 2. The Balaban J connectivity index is 2.08. The fourth-order valence-electron chi connectivity index (χ4n) is 2.29. The molecule has 2 aromatic carbocycles. The van der Waals surface area contributed by atoms with Gasteiger partial charge in [-0.2, -0.15) is 0 Å². The predicted octanol–water partition coefficient (Wildman–Crippen LogP) is 2.65. The van der Waals surface area contributed by atoms with Gasteiger partial charge in [-0.25, -0.2) is 9.69 Å². The number of carboxylic acid groups (broad SMARTS) is 1. The Labute approximate surface area is 132 Å². The minimum Gasteiger partial charge on any atom is -0.507 e. The van der Waals surface area contributed by atoms with Gasteiger partial charge in [0.05, 0.1) is 16.8 Å². The lowest BCUT2D eigenvalue weighted by atomic mass is 10.1. The van der Waals surface area contributed by atoms with Crippen molar-refractivity contribution >= 4 is 39.4 Å². The van der Waals surface area contributed by atoms with Gasteiger partial charge in [0.15, 0.2) is 0 Å². The van der Waals surface area contributed by atoms with E-state index >= 15 is 0 Å². The van der Waals surface area contributed by atoms with Crippen molar-refractivity contribution in [3.63, 3.8) is 0 Å². The normalized spacial score (nSPS) is 13.4. The Morgan fingerprint density at radius 1 is 1.00 bits per heavy atom. The summed E-state index contributed by atoms with van der Waals surface area (Å²) < 4.78 is 0.665. The van der Waals surface area contributed by atoms with Crippen LogP contribution in [0.3, 0.4) is 0 Å². The minimum atomic E-state index is -1.30. The molecule has 7 heteroatoms. The molecule has 0 radical (unpaired) electrons. The minimum absolute atomic E-state index is 0.116. The van der Waals surface area contributed by atoms with Crippen LogP contribution in [-0.2, 0) is 0 Å². The van der Waals surface area contributed by atoms with Gasteiger partial charge in [0.2, 0.25) is 0 Å². The maximum absolute atomic E-state index is 12.4. The van der Waals surface area contributed by atoms with Gasteiger partial charge in [0.1, 0.15) is 11.3 Å². The molecule has 2 aromatic rings. The number of fused-ring (bicyclic) bond motifs is 1. The van der Waals surface area contributed by atoms with E-state index in [0.29, 0.717) is 4.47 Å². The molecular formula is C15H8BrNO5. The number of nitrogens with zero attached hydrogens (tertiary/aromatic N) is 1. The second-order valence-electron chi connectivity index (χ2n) is 4.64. The van der Waals surface area contributed by atoms with Crippen LogP contribution >= 0.6 is 15.9 Å². The van der Waals surface area contributed by atoms with Gasteiger partial charge in [-0.1, -0.05) is 15.9 Å². The fourth-order valence-corrected chi connectivity index (χ4v) is 2.65. The Kier molecular flexibility index (Phi) is 3.22. The van der Waals surface area contributed by atoms with Crippen molar-refractivity contribution in [1.82, 2.24) is 0 Å². The van der Waals surface area contributed by atoms with Crippen LogP contribution in [0.1, 0.15) is 31.1 Å². The van der Waals surface area contributed by atoms with Gasteiger partial charge in [-0.15, -0.1) is 0 Å². The average Bonchev–Trinajstić information content (AvgIpc) is 2.70. The Hall–Kier alpha value is -2.67. The van der Waals surface area contributed by atoms with Crippen LogP contribution < -0.4 is 4.90 Å². The molecule has 1 aliphatic rings. The lowest BCUT2D eigenvalue weighted by Crippen LogP contribution is -2.29. The highest BCUT2D eigenvalue weighted by molar-refractivity contribution is 9.10. The summed E-state index contributed by atoms with van der Waals surface area (Å²) in [5, 5.41) is 18.6. The summed E-state index contributed by atoms with van der Waals surface area (Å²) >= 11 is 3.24. The van der Waals surface area contributed by atoms with Gasteiger partial charge in [0, 0.05) is 10.5 Å². The highest BCUT2D eigenvalue weighted by atomic mass is 79.9. The van der Waals surface area contributed by atoms with E-state index in [2.05, 4.69) is 15.9 Å². The number of aromatic hydroxyl groups is 1. The van der Waals surface area contributed by atoms with Gasteiger partial charge in [-0.05, 0) is 30.3 Å². The number of phenols is 1. The van der Waals surface area contributed by atoms with E-state index in [0.717, 1.165) is 17.0 Å². The molecule has 110 valence electrons. The number of aromatic carboxylic acids is 1. The molecule has 2 amide bonds. The van der Waals surface area contributed by atoms with E-state index in [1.54, 1.807) is 12.1 Å². The molecule has 6 nitrogen and oxygen atoms in total. The van der Waals surface area contributed by atoms with Gasteiger partial charge < -0.3 is 10.2 Å². The van der Waals surface area contributed by atoms with Gasteiger partial charge in [0.25, 0.3) is 11.8 Å². The summed E-state index contributed by atoms with van der Waals surface area (Å²) in [6.45, 7) is 0. The molecule has 0 saturated carbocycles. The van der Waals surface area contributed by atoms with Crippen LogP contribution in [0.15, 0.2) is 40.9 Å². The summed E-state index contributed by atoms with van der Waals surface area (Å²) in [7, 11) is 0. The number of carbonyl (C=O) groups is 3. The number of carbonyl (C=O) groups excluding carboxylic acids is 2. The molecule has 2 N–H and O–H groups in total. The average molecular weight is 362 g/mol. The van der Waals surface area contributed by atoms with Crippen LogP contribution in [0.2, 0.25) is 0 Å². The monoisotopic (exact) mass is 361 g/mol. The van der Waals surface area contributed by atoms with E-state index in [1.807, 2.05) is 0 Å². The van der Waals surface area contributed by atoms with Crippen LogP contribution in [0, 0.1) is 0 Å². The molecule has 0 atom stereocenters. The number of carboxylic acids is 1. The van der Waals surface area contributed by atoms with E-state index in [-0.39, 0.29) is 22.4 Å². The van der Waals surface area contributed by atoms with Crippen LogP contribution in [0.4, 0.5) is 5.69 Å². The molecule has 0 bridgehead atoms. The topological polar surface area (TPSA) is 94.9 Å². The predicted molar refractivity (Wildman–Crippen MR) is 80.3 cm³/mol. The van der Waals surface area contributed by atoms with Crippen molar-refractivity contribution in [2.24, 2.45) is 0 Å². The van der Waals surface area contributed by atoms with E-state index in [1.165, 1.54) is 12.1 Å². The van der Waals surface area contributed by atoms with Crippen molar-refractivity contribution in [2.45, 2.75) is 0 Å². The number of imide groups is 1. The standard InChI is InChI=1S/C15H8BrNO5/c16-7-1-3-9-11(5-7)14(20)17(13(9)19)8-2-4-10(15(21)22)12(18)6-8/h1-6,18H,(H,21,22). The molecule has 0 saturated heterocycles. The lowest BCUT2D eigenvalue weighted by molar-refractivity contribution is 0.0693. The van der Waals surface area contributed by atoms with E-state index < -0.39 is 23.5 Å². The van der Waals surface area contributed by atoms with Gasteiger partial charge >= 0.3 is 5.97 Å². The number of hydrogen-bond acceptors (Lipinski definition) is 4. The van der Waals surface area contributed by atoms with Crippen molar-refractivity contribution < 1.29 is 24.6 Å². The summed E-state index contributed by atoms with van der Waals surface area (Å²) in [6.07, 6.45) is 0. The molecular weight excluding hydrogens is 354 g/mol. The largest absolute Gasteiger partial charge is 0.507 e. The number of halogens is 1. The second-order valence-corrected chi connectivity index (χ2v) is 5.56. The Morgan fingerprint density at radius 3 is 2.32 bits per heavy atom. The van der Waals surface area contributed by atoms with Crippen LogP contribution in [0.25, 0.3) is 0 Å². The summed E-state index contributed by atoms with van der Waals surface area (Å²) in [5.74, 6) is -2.85. The first-order valence-electron chi connectivity index (χ1n) is 6.15. The SMILES string of the molecule is O=C(O)c1ccc(N2C(=O)c3ccc(Br)cc3C2=O)cc1O. The van der Waals surface area contributed by atoms with E-state index in [4.69, 9.17) is 5.11 Å². The third kappa shape index (κ3) is 2.06. The third-order valence-corrected chi connectivity index (χ3v) is 3.81. The quantitative estimate of drug-likeness (QED) is 0.801. The summed E-state index contributed by atoms with van der Waals surface area (Å²) in [5.41, 5.74) is 0.323. The van der Waals surface area contributed by atoms with Crippen molar-refractivity contribution in [3.8, 4) is 5.75 Å². The van der Waals surface area contributed by atoms with Crippen LogP contribution in [0.5, 0.6) is 5.75 Å². The first kappa shape index (κ1) is 14.3. The summed E-state index contributed by atoms with van der Waals surface area (Å²) in [4.78, 5) is 36.5. The van der Waals surface area contributed by atoms with Gasteiger partial charge in [-0.3, -0.25) is 9.59 Å². The van der Waals surface area contributed by atoms with Crippen LogP contribution in [-0.4, -0.2) is 28.0 Å². The number of amides is 2. The molecule has 3 rings (SSSR count). The fraction of sp³-hybridized carbons (Fsp3) is 0. The molecule has 0 spiro atoms.